The zero-order valence-electron chi connectivity index (χ0n) is 10.2. The number of halogens is 2. The third kappa shape index (κ3) is 2.93. The van der Waals surface area contributed by atoms with E-state index in [1.807, 2.05) is 22.9 Å². The second-order valence-electron chi connectivity index (χ2n) is 4.12. The lowest BCUT2D eigenvalue weighted by molar-refractivity contribution is 0.612. The maximum atomic E-state index is 5.89. The lowest BCUT2D eigenvalue weighted by Crippen LogP contribution is -2.07. The largest absolute Gasteiger partial charge is 0.245 e. The Morgan fingerprint density at radius 1 is 1.33 bits per heavy atom. The summed E-state index contributed by atoms with van der Waals surface area (Å²) in [7, 11) is 0. The van der Waals surface area contributed by atoms with E-state index in [2.05, 4.69) is 39.2 Å². The third-order valence-electron chi connectivity index (χ3n) is 2.81. The number of hydrogen-bond acceptors (Lipinski definition) is 2. The van der Waals surface area contributed by atoms with Crippen LogP contribution >= 0.6 is 27.5 Å². The van der Waals surface area contributed by atoms with Crippen molar-refractivity contribution in [1.82, 2.24) is 15.0 Å². The van der Waals surface area contributed by atoms with Crippen molar-refractivity contribution in [2.75, 3.05) is 0 Å². The predicted octanol–water partition coefficient (Wildman–Crippen LogP) is 3.78. The van der Waals surface area contributed by atoms with E-state index in [1.165, 1.54) is 5.56 Å². The molecule has 0 amide bonds. The molecule has 0 aliphatic heterocycles. The molecule has 0 fully saturated rings. The molecule has 0 saturated carbocycles. The van der Waals surface area contributed by atoms with Gasteiger partial charge < -0.3 is 0 Å². The molecule has 0 radical (unpaired) electrons. The quantitative estimate of drug-likeness (QED) is 0.782. The lowest BCUT2D eigenvalue weighted by atomic mass is 10.2. The van der Waals surface area contributed by atoms with Gasteiger partial charge in [-0.15, -0.1) is 16.7 Å². The van der Waals surface area contributed by atoms with Crippen molar-refractivity contribution in [3.63, 3.8) is 0 Å². The van der Waals surface area contributed by atoms with Gasteiger partial charge in [0.05, 0.1) is 18.1 Å². The van der Waals surface area contributed by atoms with Crippen LogP contribution in [0.4, 0.5) is 0 Å². The average Bonchev–Trinajstić information content (AvgIpc) is 2.75. The third-order valence-corrected chi connectivity index (χ3v) is 3.84. The van der Waals surface area contributed by atoms with Gasteiger partial charge in [-0.3, -0.25) is 0 Å². The SMILES string of the molecule is CCCc1c(CCl)nnn1Cc1ccccc1Br. The average molecular weight is 329 g/mol. The van der Waals surface area contributed by atoms with Crippen LogP contribution in [0.3, 0.4) is 0 Å². The maximum absolute atomic E-state index is 5.89. The van der Waals surface area contributed by atoms with Gasteiger partial charge in [-0.05, 0) is 18.1 Å². The van der Waals surface area contributed by atoms with Crippen LogP contribution in [0.25, 0.3) is 0 Å². The molecular formula is C13H15BrClN3. The van der Waals surface area contributed by atoms with Crippen LogP contribution in [0.1, 0.15) is 30.3 Å². The van der Waals surface area contributed by atoms with Crippen LogP contribution in [-0.4, -0.2) is 15.0 Å². The highest BCUT2D eigenvalue weighted by atomic mass is 79.9. The smallest absolute Gasteiger partial charge is 0.101 e. The molecule has 18 heavy (non-hydrogen) atoms. The van der Waals surface area contributed by atoms with E-state index in [9.17, 15) is 0 Å². The van der Waals surface area contributed by atoms with E-state index in [0.717, 1.165) is 35.2 Å². The van der Waals surface area contributed by atoms with Crippen molar-refractivity contribution in [1.29, 1.82) is 0 Å². The molecule has 0 spiro atoms. The Morgan fingerprint density at radius 2 is 2.11 bits per heavy atom. The number of alkyl halides is 1. The molecule has 0 unspecified atom stereocenters. The Kier molecular flexibility index (Phi) is 4.78. The fourth-order valence-corrected chi connectivity index (χ4v) is 2.52. The number of nitrogens with zero attached hydrogens (tertiary/aromatic N) is 3. The minimum absolute atomic E-state index is 0.422. The van der Waals surface area contributed by atoms with Crippen molar-refractivity contribution in [2.45, 2.75) is 32.2 Å². The first-order chi connectivity index (χ1) is 8.76. The van der Waals surface area contributed by atoms with E-state index < -0.39 is 0 Å². The van der Waals surface area contributed by atoms with Crippen molar-refractivity contribution in [2.24, 2.45) is 0 Å². The summed E-state index contributed by atoms with van der Waals surface area (Å²) in [6.45, 7) is 2.87. The Balaban J connectivity index is 2.29. The molecule has 0 saturated heterocycles. The Hall–Kier alpha value is -0.870. The highest BCUT2D eigenvalue weighted by Gasteiger charge is 2.12. The first-order valence-corrected chi connectivity index (χ1v) is 7.29. The summed E-state index contributed by atoms with van der Waals surface area (Å²) in [5, 5.41) is 8.35. The summed E-state index contributed by atoms with van der Waals surface area (Å²) in [6, 6.07) is 8.15. The van der Waals surface area contributed by atoms with Gasteiger partial charge >= 0.3 is 0 Å². The first kappa shape index (κ1) is 13.6. The maximum Gasteiger partial charge on any atom is 0.101 e. The van der Waals surface area contributed by atoms with Gasteiger partial charge in [-0.25, -0.2) is 4.68 Å². The van der Waals surface area contributed by atoms with Crippen LogP contribution in [0.2, 0.25) is 0 Å². The molecule has 1 aromatic carbocycles. The summed E-state index contributed by atoms with van der Waals surface area (Å²) in [6.07, 6.45) is 2.02. The molecule has 5 heteroatoms. The minimum Gasteiger partial charge on any atom is -0.245 e. The van der Waals surface area contributed by atoms with Crippen LogP contribution in [-0.2, 0) is 18.8 Å². The Labute approximate surface area is 120 Å². The van der Waals surface area contributed by atoms with Crippen molar-refractivity contribution in [3.05, 3.63) is 45.7 Å². The standard InChI is InChI=1S/C13H15BrClN3/c1-2-5-13-12(8-15)16-17-18(13)9-10-6-3-4-7-11(10)14/h3-4,6-7H,2,5,8-9H2,1H3. The molecule has 2 rings (SSSR count). The second kappa shape index (κ2) is 6.34. The molecule has 2 aromatic rings. The molecule has 1 aromatic heterocycles. The number of benzene rings is 1. The van der Waals surface area contributed by atoms with Crippen LogP contribution in [0.5, 0.6) is 0 Å². The summed E-state index contributed by atoms with van der Waals surface area (Å²) < 4.78 is 3.04. The summed E-state index contributed by atoms with van der Waals surface area (Å²) >= 11 is 9.44. The first-order valence-electron chi connectivity index (χ1n) is 5.96. The normalized spacial score (nSPS) is 10.8. The number of rotatable bonds is 5. The molecule has 1 heterocycles. The molecule has 3 nitrogen and oxygen atoms in total. The van der Waals surface area contributed by atoms with Gasteiger partial charge in [0.15, 0.2) is 0 Å². The molecule has 0 N–H and O–H groups in total. The zero-order chi connectivity index (χ0) is 13.0. The number of hydrogen-bond donors (Lipinski definition) is 0. The van der Waals surface area contributed by atoms with Crippen molar-refractivity contribution < 1.29 is 0 Å². The highest BCUT2D eigenvalue weighted by molar-refractivity contribution is 9.10. The zero-order valence-corrected chi connectivity index (χ0v) is 12.6. The molecule has 0 aliphatic carbocycles. The van der Waals surface area contributed by atoms with Crippen molar-refractivity contribution >= 4 is 27.5 Å². The molecule has 0 bridgehead atoms. The van der Waals surface area contributed by atoms with Gasteiger partial charge in [-0.1, -0.05) is 52.7 Å². The summed E-state index contributed by atoms with van der Waals surface area (Å²) in [5.41, 5.74) is 3.23. The minimum atomic E-state index is 0.422. The molecular weight excluding hydrogens is 314 g/mol. The van der Waals surface area contributed by atoms with Crippen LogP contribution in [0, 0.1) is 0 Å². The monoisotopic (exact) mass is 327 g/mol. The summed E-state index contributed by atoms with van der Waals surface area (Å²) in [4.78, 5) is 0. The fraction of sp³-hybridized carbons (Fsp3) is 0.385. The molecule has 0 atom stereocenters. The lowest BCUT2D eigenvalue weighted by Gasteiger charge is -2.08. The summed E-state index contributed by atoms with van der Waals surface area (Å²) in [5.74, 6) is 0.422. The van der Waals surface area contributed by atoms with Gasteiger partial charge in [0.1, 0.15) is 5.69 Å². The van der Waals surface area contributed by atoms with Gasteiger partial charge in [0, 0.05) is 4.47 Å². The predicted molar refractivity (Wildman–Crippen MR) is 76.8 cm³/mol. The van der Waals surface area contributed by atoms with Gasteiger partial charge in [0.25, 0.3) is 0 Å². The molecule has 96 valence electrons. The van der Waals surface area contributed by atoms with Crippen molar-refractivity contribution in [3.8, 4) is 0 Å². The molecule has 0 aliphatic rings. The van der Waals surface area contributed by atoms with E-state index >= 15 is 0 Å². The Bertz CT molecular complexity index is 525. The van der Waals surface area contributed by atoms with E-state index in [4.69, 9.17) is 11.6 Å². The van der Waals surface area contributed by atoms with E-state index in [0.29, 0.717) is 5.88 Å². The van der Waals surface area contributed by atoms with Gasteiger partial charge in [0.2, 0.25) is 0 Å². The van der Waals surface area contributed by atoms with Gasteiger partial charge in [-0.2, -0.15) is 0 Å². The fourth-order valence-electron chi connectivity index (χ4n) is 1.90. The topological polar surface area (TPSA) is 30.7 Å². The second-order valence-corrected chi connectivity index (χ2v) is 5.24. The van der Waals surface area contributed by atoms with E-state index in [-0.39, 0.29) is 0 Å². The van der Waals surface area contributed by atoms with E-state index in [1.54, 1.807) is 0 Å². The Morgan fingerprint density at radius 3 is 2.78 bits per heavy atom. The highest BCUT2D eigenvalue weighted by Crippen LogP contribution is 2.19. The number of aromatic nitrogens is 3. The van der Waals surface area contributed by atoms with Crippen LogP contribution < -0.4 is 0 Å². The van der Waals surface area contributed by atoms with Crippen LogP contribution in [0.15, 0.2) is 28.7 Å².